The van der Waals surface area contributed by atoms with Crippen LogP contribution in [0.3, 0.4) is 0 Å². The van der Waals surface area contributed by atoms with Crippen molar-refractivity contribution >= 4 is 27.5 Å². The Balaban J connectivity index is 2.52. The summed E-state index contributed by atoms with van der Waals surface area (Å²) < 4.78 is 101. The van der Waals surface area contributed by atoms with Crippen molar-refractivity contribution in [1.82, 2.24) is 4.72 Å². The molecule has 2 rings (SSSR count). The smallest absolute Gasteiger partial charge is 0.265 e. The SMILES string of the molecule is CC(C)(C)OCC(=O)NS(=O)(=O)c1cc(-c2c(F)cc(F)c(F)c2F)c(F)cc1Cl. The molecular weight excluding hydrogens is 457 g/mol. The molecule has 0 bridgehead atoms. The van der Waals surface area contributed by atoms with E-state index in [4.69, 9.17) is 16.3 Å². The molecular formula is C18H15ClF5NO4S. The average Bonchev–Trinajstić information content (AvgIpc) is 2.58. The third-order valence-electron chi connectivity index (χ3n) is 3.58. The zero-order valence-electron chi connectivity index (χ0n) is 15.7. The highest BCUT2D eigenvalue weighted by atomic mass is 35.5. The van der Waals surface area contributed by atoms with E-state index in [1.165, 1.54) is 0 Å². The van der Waals surface area contributed by atoms with E-state index < -0.39 is 78.3 Å². The van der Waals surface area contributed by atoms with Crippen molar-refractivity contribution in [3.05, 3.63) is 52.3 Å². The van der Waals surface area contributed by atoms with Crippen molar-refractivity contribution in [3.8, 4) is 11.1 Å². The number of amides is 1. The van der Waals surface area contributed by atoms with Crippen molar-refractivity contribution in [3.63, 3.8) is 0 Å². The summed E-state index contributed by atoms with van der Waals surface area (Å²) in [5.74, 6) is -10.2. The molecule has 0 saturated carbocycles. The first-order chi connectivity index (χ1) is 13.6. The Morgan fingerprint density at radius 2 is 1.60 bits per heavy atom. The molecule has 2 aromatic rings. The predicted octanol–water partition coefficient (Wildman–Crippen LogP) is 4.32. The number of sulfonamides is 1. The van der Waals surface area contributed by atoms with E-state index in [1.54, 1.807) is 25.5 Å². The van der Waals surface area contributed by atoms with Gasteiger partial charge in [0.1, 0.15) is 23.1 Å². The first kappa shape index (κ1) is 24.0. The van der Waals surface area contributed by atoms with Gasteiger partial charge in [0.2, 0.25) is 0 Å². The molecule has 0 aliphatic heterocycles. The molecule has 0 saturated heterocycles. The summed E-state index contributed by atoms with van der Waals surface area (Å²) in [6.07, 6.45) is 0. The van der Waals surface area contributed by atoms with Gasteiger partial charge in [-0.1, -0.05) is 11.6 Å². The fourth-order valence-corrected chi connectivity index (χ4v) is 3.77. The van der Waals surface area contributed by atoms with Gasteiger partial charge in [0.05, 0.1) is 16.2 Å². The maximum Gasteiger partial charge on any atom is 0.265 e. The first-order valence-electron chi connectivity index (χ1n) is 8.16. The summed E-state index contributed by atoms with van der Waals surface area (Å²) in [7, 11) is -4.74. The number of ether oxygens (including phenoxy) is 1. The Labute approximate surface area is 173 Å². The molecule has 0 aliphatic rings. The van der Waals surface area contributed by atoms with Crippen LogP contribution in [0.5, 0.6) is 0 Å². The summed E-state index contributed by atoms with van der Waals surface area (Å²) in [5.41, 5.74) is -3.15. The van der Waals surface area contributed by atoms with Crippen molar-refractivity contribution in [2.75, 3.05) is 6.61 Å². The number of nitrogens with one attached hydrogen (secondary N) is 1. The van der Waals surface area contributed by atoms with Gasteiger partial charge < -0.3 is 4.74 Å². The molecule has 0 aromatic heterocycles. The predicted molar refractivity (Wildman–Crippen MR) is 97.7 cm³/mol. The molecule has 0 atom stereocenters. The van der Waals surface area contributed by atoms with Crippen molar-refractivity contribution < 1.29 is 39.9 Å². The van der Waals surface area contributed by atoms with Gasteiger partial charge in [-0.3, -0.25) is 4.79 Å². The lowest BCUT2D eigenvalue weighted by Crippen LogP contribution is -2.36. The molecule has 0 fully saturated rings. The Hall–Kier alpha value is -2.24. The zero-order chi connectivity index (χ0) is 23.0. The van der Waals surface area contributed by atoms with Crippen LogP contribution >= 0.6 is 11.6 Å². The molecule has 12 heteroatoms. The zero-order valence-corrected chi connectivity index (χ0v) is 17.3. The van der Waals surface area contributed by atoms with Crippen LogP contribution in [0.15, 0.2) is 23.1 Å². The van der Waals surface area contributed by atoms with Gasteiger partial charge in [-0.15, -0.1) is 0 Å². The van der Waals surface area contributed by atoms with E-state index in [9.17, 15) is 35.2 Å². The fraction of sp³-hybridized carbons (Fsp3) is 0.278. The molecule has 5 nitrogen and oxygen atoms in total. The highest BCUT2D eigenvalue weighted by Gasteiger charge is 2.28. The standard InChI is InChI=1S/C18H15ClF5NO4S/c1-18(2,3)29-7-14(26)25-30(27,28)13-4-8(10(20)5-9(13)19)15-11(21)6-12(22)16(23)17(15)24/h4-6H,7H2,1-3H3,(H,25,26). The van der Waals surface area contributed by atoms with Gasteiger partial charge >= 0.3 is 0 Å². The number of hydrogen-bond acceptors (Lipinski definition) is 4. The second-order valence-electron chi connectivity index (χ2n) is 7.04. The second kappa shape index (κ2) is 8.48. The van der Waals surface area contributed by atoms with Crippen LogP contribution in [0, 0.1) is 29.1 Å². The number of hydrogen-bond donors (Lipinski definition) is 1. The van der Waals surface area contributed by atoms with Gasteiger partial charge in [0.25, 0.3) is 15.9 Å². The molecule has 0 radical (unpaired) electrons. The van der Waals surface area contributed by atoms with E-state index >= 15 is 0 Å². The molecule has 2 aromatic carbocycles. The van der Waals surface area contributed by atoms with Crippen LogP contribution in [0.1, 0.15) is 20.8 Å². The van der Waals surface area contributed by atoms with Crippen LogP contribution in [0.2, 0.25) is 5.02 Å². The molecule has 0 spiro atoms. The number of benzene rings is 2. The van der Waals surface area contributed by atoms with E-state index in [-0.39, 0.29) is 6.07 Å². The summed E-state index contributed by atoms with van der Waals surface area (Å²) >= 11 is 5.72. The van der Waals surface area contributed by atoms with Gasteiger partial charge in [-0.2, -0.15) is 0 Å². The second-order valence-corrected chi connectivity index (χ2v) is 9.09. The van der Waals surface area contributed by atoms with E-state index in [0.717, 1.165) is 0 Å². The van der Waals surface area contributed by atoms with Crippen molar-refractivity contribution in [2.45, 2.75) is 31.3 Å². The summed E-state index contributed by atoms with van der Waals surface area (Å²) in [6.45, 7) is 4.19. The fourth-order valence-electron chi connectivity index (χ4n) is 2.26. The third-order valence-corrected chi connectivity index (χ3v) is 5.42. The molecule has 0 aliphatic carbocycles. The normalized spacial score (nSPS) is 12.2. The number of halogens is 6. The van der Waals surface area contributed by atoms with Crippen molar-refractivity contribution in [1.29, 1.82) is 0 Å². The lowest BCUT2D eigenvalue weighted by Gasteiger charge is -2.19. The van der Waals surface area contributed by atoms with E-state index in [0.29, 0.717) is 12.1 Å². The number of carbonyl (C=O) groups excluding carboxylic acids is 1. The molecule has 164 valence electrons. The van der Waals surface area contributed by atoms with Crippen molar-refractivity contribution in [2.24, 2.45) is 0 Å². The Morgan fingerprint density at radius 3 is 2.17 bits per heavy atom. The minimum Gasteiger partial charge on any atom is -0.366 e. The summed E-state index contributed by atoms with van der Waals surface area (Å²) in [5, 5.41) is -0.725. The third kappa shape index (κ3) is 5.27. The highest BCUT2D eigenvalue weighted by molar-refractivity contribution is 7.90. The van der Waals surface area contributed by atoms with Gasteiger partial charge in [-0.05, 0) is 32.9 Å². The lowest BCUT2D eigenvalue weighted by molar-refractivity contribution is -0.128. The maximum absolute atomic E-state index is 14.3. The molecule has 1 N–H and O–H groups in total. The average molecular weight is 472 g/mol. The Bertz CT molecular complexity index is 1120. The summed E-state index contributed by atoms with van der Waals surface area (Å²) in [6, 6.07) is 0.778. The van der Waals surface area contributed by atoms with Crippen LogP contribution in [0.4, 0.5) is 22.0 Å². The monoisotopic (exact) mass is 471 g/mol. The van der Waals surface area contributed by atoms with Crippen LogP contribution in [-0.2, 0) is 19.6 Å². The molecule has 0 heterocycles. The van der Waals surface area contributed by atoms with Gasteiger partial charge in [0.15, 0.2) is 17.5 Å². The maximum atomic E-state index is 14.3. The van der Waals surface area contributed by atoms with E-state index in [1.807, 2.05) is 0 Å². The minimum atomic E-state index is -4.74. The largest absolute Gasteiger partial charge is 0.366 e. The van der Waals surface area contributed by atoms with Crippen LogP contribution < -0.4 is 4.72 Å². The minimum absolute atomic E-state index is 0.0262. The quantitative estimate of drug-likeness (QED) is 0.400. The Morgan fingerprint density at radius 1 is 1.00 bits per heavy atom. The number of carbonyl (C=O) groups is 1. The van der Waals surface area contributed by atoms with Gasteiger partial charge in [-0.25, -0.2) is 35.1 Å². The van der Waals surface area contributed by atoms with Gasteiger partial charge in [0, 0.05) is 11.6 Å². The Kier molecular flexibility index (Phi) is 6.79. The molecule has 30 heavy (non-hydrogen) atoms. The first-order valence-corrected chi connectivity index (χ1v) is 10.0. The molecule has 0 unspecified atom stereocenters. The van der Waals surface area contributed by atoms with E-state index in [2.05, 4.69) is 0 Å². The summed E-state index contributed by atoms with van der Waals surface area (Å²) in [4.78, 5) is 10.9. The lowest BCUT2D eigenvalue weighted by atomic mass is 10.0. The van der Waals surface area contributed by atoms with Crippen LogP contribution in [0.25, 0.3) is 11.1 Å². The highest BCUT2D eigenvalue weighted by Crippen LogP contribution is 2.35. The molecule has 1 amide bonds. The topological polar surface area (TPSA) is 72.5 Å². The van der Waals surface area contributed by atoms with Crippen LogP contribution in [-0.4, -0.2) is 26.5 Å². The number of rotatable bonds is 5.